The molecule has 180 valence electrons. The van der Waals surface area contributed by atoms with Crippen LogP contribution in [0.1, 0.15) is 72.2 Å². The molecule has 0 aliphatic heterocycles. The summed E-state index contributed by atoms with van der Waals surface area (Å²) >= 11 is 0. The summed E-state index contributed by atoms with van der Waals surface area (Å²) in [6.07, 6.45) is 7.98. The molecule has 7 heteroatoms. The maximum Gasteiger partial charge on any atom is 0.343 e. The molecule has 1 heterocycles. The molecule has 1 N–H and O–H groups in total. The minimum Gasteiger partial charge on any atom is -0.493 e. The van der Waals surface area contributed by atoms with Crippen LogP contribution in [0, 0.1) is 0 Å². The second kappa shape index (κ2) is 18.7. The van der Waals surface area contributed by atoms with Crippen LogP contribution in [0.15, 0.2) is 53.6 Å². The highest BCUT2D eigenvalue weighted by Crippen LogP contribution is 2.23. The van der Waals surface area contributed by atoms with Gasteiger partial charge in [-0.1, -0.05) is 47.3 Å². The molecule has 0 aromatic carbocycles. The number of aryl methyl sites for hydroxylation is 1. The Labute approximate surface area is 193 Å². The van der Waals surface area contributed by atoms with Gasteiger partial charge in [-0.05, 0) is 44.4 Å². The average molecular weight is 448 g/mol. The lowest BCUT2D eigenvalue weighted by Gasteiger charge is -2.15. The molecule has 0 saturated heterocycles. The second-order valence-electron chi connectivity index (χ2n) is 5.97. The van der Waals surface area contributed by atoms with Gasteiger partial charge in [-0.3, -0.25) is 9.48 Å². The molecular formula is C25H41N3O4. The molecule has 0 unspecified atom stereocenters. The Kier molecular flexibility index (Phi) is 18.1. The van der Waals surface area contributed by atoms with Crippen molar-refractivity contribution < 1.29 is 19.1 Å². The number of carbonyl (C=O) groups is 2. The highest BCUT2D eigenvalue weighted by molar-refractivity contribution is 5.95. The topological polar surface area (TPSA) is 82.5 Å². The van der Waals surface area contributed by atoms with Crippen molar-refractivity contribution in [1.29, 1.82) is 0 Å². The van der Waals surface area contributed by atoms with Gasteiger partial charge in [-0.2, -0.15) is 5.10 Å². The van der Waals surface area contributed by atoms with Crippen LogP contribution in [-0.4, -0.2) is 35.2 Å². The zero-order valence-corrected chi connectivity index (χ0v) is 21.2. The van der Waals surface area contributed by atoms with Crippen LogP contribution in [-0.2, 0) is 21.3 Å². The summed E-state index contributed by atoms with van der Waals surface area (Å²) < 4.78 is 12.3. The maximum atomic E-state index is 12.2. The predicted octanol–water partition coefficient (Wildman–Crippen LogP) is 5.98. The van der Waals surface area contributed by atoms with Crippen molar-refractivity contribution in [2.24, 2.45) is 7.05 Å². The second-order valence-corrected chi connectivity index (χ2v) is 5.97. The van der Waals surface area contributed by atoms with Gasteiger partial charge >= 0.3 is 5.97 Å². The lowest BCUT2D eigenvalue weighted by molar-refractivity contribution is -0.104. The Hall–Kier alpha value is -3.09. The zero-order chi connectivity index (χ0) is 25.1. The molecule has 0 aliphatic carbocycles. The van der Waals surface area contributed by atoms with E-state index < -0.39 is 5.97 Å². The van der Waals surface area contributed by atoms with Crippen molar-refractivity contribution in [2.75, 3.05) is 18.5 Å². The fourth-order valence-electron chi connectivity index (χ4n) is 2.31. The van der Waals surface area contributed by atoms with Gasteiger partial charge in [0.1, 0.15) is 23.4 Å². The molecule has 0 atom stereocenters. The lowest BCUT2D eigenvalue weighted by Crippen LogP contribution is -2.12. The monoisotopic (exact) mass is 447 g/mol. The largest absolute Gasteiger partial charge is 0.493 e. The molecule has 1 aromatic rings. The van der Waals surface area contributed by atoms with Crippen molar-refractivity contribution in [3.63, 3.8) is 0 Å². The first kappa shape index (κ1) is 31.1. The van der Waals surface area contributed by atoms with Crippen molar-refractivity contribution in [2.45, 2.75) is 61.8 Å². The van der Waals surface area contributed by atoms with Crippen molar-refractivity contribution in [3.05, 3.63) is 59.2 Å². The highest BCUT2D eigenvalue weighted by Gasteiger charge is 2.19. The third kappa shape index (κ3) is 10.3. The molecular weight excluding hydrogens is 406 g/mol. The van der Waals surface area contributed by atoms with E-state index in [9.17, 15) is 9.59 Å². The minimum absolute atomic E-state index is 0.254. The molecule has 0 radical (unpaired) electrons. The van der Waals surface area contributed by atoms with E-state index in [1.165, 1.54) is 17.0 Å². The van der Waals surface area contributed by atoms with Gasteiger partial charge in [0, 0.05) is 18.8 Å². The fourth-order valence-corrected chi connectivity index (χ4v) is 2.31. The molecule has 0 amide bonds. The van der Waals surface area contributed by atoms with Gasteiger partial charge in [-0.25, -0.2) is 4.79 Å². The van der Waals surface area contributed by atoms with E-state index in [0.29, 0.717) is 35.7 Å². The summed E-state index contributed by atoms with van der Waals surface area (Å²) in [6.45, 7) is 20.2. The molecule has 0 spiro atoms. The molecule has 0 saturated carbocycles. The number of carbonyl (C=O) groups excluding carboxylic acids is 2. The number of allylic oxidation sites excluding steroid dienone is 4. The molecule has 1 rings (SSSR count). The molecule has 32 heavy (non-hydrogen) atoms. The summed E-state index contributed by atoms with van der Waals surface area (Å²) in [4.78, 5) is 23.4. The van der Waals surface area contributed by atoms with Crippen LogP contribution in [0.2, 0.25) is 0 Å². The van der Waals surface area contributed by atoms with Crippen molar-refractivity contribution >= 4 is 18.1 Å². The summed E-state index contributed by atoms with van der Waals surface area (Å²) in [5.74, 6) is 0.560. The van der Waals surface area contributed by atoms with Gasteiger partial charge < -0.3 is 14.8 Å². The SMILES string of the molecule is C=C(C)\C(=C/C(=C\C)C(=C/C=O)/Nc1c(C(=O)OCC)cnn1C)OCCC.CC.CC. The molecule has 1 aromatic heterocycles. The van der Waals surface area contributed by atoms with E-state index in [0.717, 1.165) is 12.0 Å². The molecule has 7 nitrogen and oxygen atoms in total. The number of hydrogen-bond donors (Lipinski definition) is 1. The van der Waals surface area contributed by atoms with E-state index >= 15 is 0 Å². The number of esters is 1. The Morgan fingerprint density at radius 3 is 2.31 bits per heavy atom. The number of aldehydes is 1. The average Bonchev–Trinajstić information content (AvgIpc) is 3.16. The fraction of sp³-hybridized carbons (Fsp3) is 0.480. The number of rotatable bonds is 11. The summed E-state index contributed by atoms with van der Waals surface area (Å²) in [7, 11) is 1.69. The minimum atomic E-state index is -0.491. The van der Waals surface area contributed by atoms with Crippen LogP contribution in [0.4, 0.5) is 5.82 Å². The molecule has 0 bridgehead atoms. The van der Waals surface area contributed by atoms with Crippen LogP contribution >= 0.6 is 0 Å². The zero-order valence-electron chi connectivity index (χ0n) is 21.2. The first-order valence-electron chi connectivity index (χ1n) is 11.2. The lowest BCUT2D eigenvalue weighted by atomic mass is 10.1. The van der Waals surface area contributed by atoms with E-state index in [4.69, 9.17) is 9.47 Å². The molecule has 0 aliphatic rings. The first-order chi connectivity index (χ1) is 15.4. The number of hydrogen-bond acceptors (Lipinski definition) is 6. The Balaban J connectivity index is 0. The predicted molar refractivity (Wildman–Crippen MR) is 133 cm³/mol. The third-order valence-electron chi connectivity index (χ3n) is 3.71. The number of anilines is 1. The quantitative estimate of drug-likeness (QED) is 0.148. The van der Waals surface area contributed by atoms with Gasteiger partial charge in [0.25, 0.3) is 0 Å². The number of nitrogens with zero attached hydrogens (tertiary/aromatic N) is 2. The van der Waals surface area contributed by atoms with E-state index in [1.807, 2.05) is 54.5 Å². The number of aromatic nitrogens is 2. The van der Waals surface area contributed by atoms with Crippen LogP contribution in [0.5, 0.6) is 0 Å². The van der Waals surface area contributed by atoms with E-state index in [-0.39, 0.29) is 12.2 Å². The third-order valence-corrected chi connectivity index (χ3v) is 3.71. The van der Waals surface area contributed by atoms with Crippen molar-refractivity contribution in [3.8, 4) is 0 Å². The number of ether oxygens (including phenoxy) is 2. The first-order valence-corrected chi connectivity index (χ1v) is 11.2. The highest BCUT2D eigenvalue weighted by atomic mass is 16.5. The van der Waals surface area contributed by atoms with Crippen molar-refractivity contribution in [1.82, 2.24) is 9.78 Å². The van der Waals surface area contributed by atoms with E-state index in [2.05, 4.69) is 17.0 Å². The van der Waals surface area contributed by atoms with Crippen LogP contribution in [0.25, 0.3) is 0 Å². The Bertz CT molecular complexity index is 802. The van der Waals surface area contributed by atoms with Crippen LogP contribution in [0.3, 0.4) is 0 Å². The van der Waals surface area contributed by atoms with Gasteiger partial charge in [0.15, 0.2) is 0 Å². The summed E-state index contributed by atoms with van der Waals surface area (Å²) in [5, 5.41) is 7.23. The normalized spacial score (nSPS) is 11.3. The van der Waals surface area contributed by atoms with Gasteiger partial charge in [0.05, 0.1) is 19.4 Å². The van der Waals surface area contributed by atoms with Crippen LogP contribution < -0.4 is 5.32 Å². The maximum absolute atomic E-state index is 12.2. The summed E-state index contributed by atoms with van der Waals surface area (Å²) in [5.41, 5.74) is 2.25. The Morgan fingerprint density at radius 1 is 1.22 bits per heavy atom. The smallest absolute Gasteiger partial charge is 0.343 e. The van der Waals surface area contributed by atoms with E-state index in [1.54, 1.807) is 20.0 Å². The van der Waals surface area contributed by atoms with Gasteiger partial charge in [-0.15, -0.1) is 0 Å². The standard InChI is InChI=1S/C21H29N3O4.2C2H6/c1-7-12-28-19(15(4)5)13-16(8-2)18(10-11-25)23-20-17(14-22-24(20)6)21(26)27-9-3;2*1-2/h8,10-11,13-14,23H,4,7,9,12H2,1-3,5-6H3;2*1-2H3/b16-8+,18-10-,19-13+;;. The molecule has 0 fully saturated rings. The Morgan fingerprint density at radius 2 is 1.84 bits per heavy atom. The van der Waals surface area contributed by atoms with Gasteiger partial charge in [0.2, 0.25) is 0 Å². The summed E-state index contributed by atoms with van der Waals surface area (Å²) in [6, 6.07) is 0. The number of nitrogens with one attached hydrogen (secondary N) is 1.